The van der Waals surface area contributed by atoms with Gasteiger partial charge in [0, 0.05) is 21.2 Å². The van der Waals surface area contributed by atoms with Crippen molar-refractivity contribution in [1.82, 2.24) is 0 Å². The van der Waals surface area contributed by atoms with Gasteiger partial charge < -0.3 is 11.5 Å². The highest BCUT2D eigenvalue weighted by atomic mass is 32.2. The Balaban J connectivity index is 1.00. The van der Waals surface area contributed by atoms with Crippen molar-refractivity contribution in [3.63, 3.8) is 0 Å². The van der Waals surface area contributed by atoms with Crippen LogP contribution in [0.15, 0.2) is 131 Å². The summed E-state index contributed by atoms with van der Waals surface area (Å²) in [6, 6.07) is 36.3. The van der Waals surface area contributed by atoms with Crippen LogP contribution >= 0.6 is 11.8 Å². The first-order valence-corrected chi connectivity index (χ1v) is 17.1. The summed E-state index contributed by atoms with van der Waals surface area (Å²) < 4.78 is 0. The molecule has 0 bridgehead atoms. The predicted octanol–water partition coefficient (Wildman–Crippen LogP) is 8.55. The first-order chi connectivity index (χ1) is 24.6. The van der Waals surface area contributed by atoms with Gasteiger partial charge in [-0.25, -0.2) is 9.80 Å². The number of nitrogen functional groups attached to an aromatic ring is 2. The second-order valence-corrected chi connectivity index (χ2v) is 13.7. The Kier molecular flexibility index (Phi) is 7.58. The number of aryl methyl sites for hydroxylation is 2. The molecule has 0 aromatic heterocycles. The van der Waals surface area contributed by atoms with Gasteiger partial charge in [-0.3, -0.25) is 19.2 Å². The summed E-state index contributed by atoms with van der Waals surface area (Å²) in [4.78, 5) is 58.2. The molecule has 0 fully saturated rings. The van der Waals surface area contributed by atoms with Crippen LogP contribution in [0.25, 0.3) is 22.3 Å². The van der Waals surface area contributed by atoms with Crippen molar-refractivity contribution in [2.24, 2.45) is 0 Å². The number of amides is 4. The summed E-state index contributed by atoms with van der Waals surface area (Å²) in [6.45, 7) is 3.87. The Morgan fingerprint density at radius 1 is 0.412 bits per heavy atom. The van der Waals surface area contributed by atoms with Crippen LogP contribution in [-0.2, 0) is 0 Å². The Hall–Kier alpha value is -6.45. The minimum atomic E-state index is -0.367. The molecule has 6 aromatic carbocycles. The Bertz CT molecular complexity index is 2300. The number of anilines is 4. The van der Waals surface area contributed by atoms with Gasteiger partial charge in [-0.2, -0.15) is 0 Å². The topological polar surface area (TPSA) is 127 Å². The number of fused-ring (bicyclic) bond motifs is 2. The van der Waals surface area contributed by atoms with Gasteiger partial charge in [0.15, 0.2) is 0 Å². The van der Waals surface area contributed by atoms with Gasteiger partial charge in [0.1, 0.15) is 0 Å². The van der Waals surface area contributed by atoms with Gasteiger partial charge in [-0.1, -0.05) is 48.2 Å². The quantitative estimate of drug-likeness (QED) is 0.133. The van der Waals surface area contributed by atoms with Gasteiger partial charge in [-0.15, -0.1) is 0 Å². The molecule has 0 atom stereocenters. The Morgan fingerprint density at radius 3 is 1.14 bits per heavy atom. The zero-order valence-corrected chi connectivity index (χ0v) is 28.5. The van der Waals surface area contributed by atoms with E-state index in [0.717, 1.165) is 43.2 Å². The van der Waals surface area contributed by atoms with Crippen molar-refractivity contribution < 1.29 is 19.2 Å². The fraction of sp³-hybridized carbons (Fsp3) is 0.0476. The third kappa shape index (κ3) is 5.44. The smallest absolute Gasteiger partial charge is 0.266 e. The molecule has 248 valence electrons. The molecule has 0 saturated heterocycles. The summed E-state index contributed by atoms with van der Waals surface area (Å²) in [5.41, 5.74) is 20.6. The van der Waals surface area contributed by atoms with E-state index in [-0.39, 0.29) is 23.6 Å². The van der Waals surface area contributed by atoms with Crippen molar-refractivity contribution in [2.75, 3.05) is 21.3 Å². The molecule has 9 heteroatoms. The van der Waals surface area contributed by atoms with Crippen molar-refractivity contribution >= 4 is 58.1 Å². The lowest BCUT2D eigenvalue weighted by atomic mass is 10.00. The number of rotatable bonds is 6. The molecule has 4 N–H and O–H groups in total. The van der Waals surface area contributed by atoms with Crippen molar-refractivity contribution in [3.8, 4) is 22.3 Å². The van der Waals surface area contributed by atoms with Crippen molar-refractivity contribution in [2.45, 2.75) is 23.6 Å². The average Bonchev–Trinajstić information content (AvgIpc) is 3.53. The number of carbonyl (C=O) groups is 4. The van der Waals surface area contributed by atoms with Crippen LogP contribution in [0, 0.1) is 13.8 Å². The first-order valence-electron chi connectivity index (χ1n) is 16.2. The Morgan fingerprint density at radius 2 is 0.765 bits per heavy atom. The normalized spacial score (nSPS) is 13.6. The fourth-order valence-corrected chi connectivity index (χ4v) is 7.50. The van der Waals surface area contributed by atoms with Crippen LogP contribution < -0.4 is 21.3 Å². The van der Waals surface area contributed by atoms with Crippen LogP contribution in [-0.4, -0.2) is 23.6 Å². The number of nitrogens with zero attached hydrogens (tertiary/aromatic N) is 2. The molecule has 0 aliphatic carbocycles. The largest absolute Gasteiger partial charge is 0.399 e. The van der Waals surface area contributed by atoms with E-state index in [0.29, 0.717) is 45.0 Å². The maximum absolute atomic E-state index is 13.6. The minimum absolute atomic E-state index is 0.361. The molecule has 6 aromatic rings. The molecule has 51 heavy (non-hydrogen) atoms. The highest BCUT2D eigenvalue weighted by Crippen LogP contribution is 2.39. The molecule has 0 radical (unpaired) electrons. The number of hydrogen-bond donors (Lipinski definition) is 2. The molecular formula is C42H30N4O4S. The second kappa shape index (κ2) is 12.2. The molecule has 0 spiro atoms. The highest BCUT2D eigenvalue weighted by molar-refractivity contribution is 7.99. The lowest BCUT2D eigenvalue weighted by Crippen LogP contribution is -2.29. The Labute approximate surface area is 298 Å². The van der Waals surface area contributed by atoms with E-state index < -0.39 is 0 Å². The van der Waals surface area contributed by atoms with Crippen molar-refractivity contribution in [3.05, 3.63) is 155 Å². The van der Waals surface area contributed by atoms with Gasteiger partial charge in [-0.05, 0) is 132 Å². The van der Waals surface area contributed by atoms with Gasteiger partial charge in [0.05, 0.1) is 33.6 Å². The van der Waals surface area contributed by atoms with E-state index in [2.05, 4.69) is 0 Å². The van der Waals surface area contributed by atoms with E-state index in [1.54, 1.807) is 60.7 Å². The lowest BCUT2D eigenvalue weighted by molar-refractivity contribution is 0.0910. The van der Waals surface area contributed by atoms with Gasteiger partial charge in [0.25, 0.3) is 23.6 Å². The number of carbonyl (C=O) groups excluding carboxylic acids is 4. The SMILES string of the molecule is Cc1cc(N2C(=O)c3ccc(-c4ccc(N)cc4)cc3C2=O)ccc1Sc1ccc(N2C(=O)c3ccc(-c4ccc(N)cc4)cc3C2=O)cc1C. The number of imide groups is 2. The third-order valence-electron chi connectivity index (χ3n) is 9.31. The second-order valence-electron chi connectivity index (χ2n) is 12.7. The fourth-order valence-electron chi connectivity index (χ4n) is 6.55. The predicted molar refractivity (Wildman–Crippen MR) is 201 cm³/mol. The highest BCUT2D eigenvalue weighted by Gasteiger charge is 2.38. The molecule has 0 saturated carbocycles. The molecular weight excluding hydrogens is 657 g/mol. The van der Waals surface area contributed by atoms with E-state index in [9.17, 15) is 19.2 Å². The summed E-state index contributed by atoms with van der Waals surface area (Å²) in [6.07, 6.45) is 0. The molecule has 2 heterocycles. The number of benzene rings is 6. The van der Waals surface area contributed by atoms with E-state index >= 15 is 0 Å². The van der Waals surface area contributed by atoms with Gasteiger partial charge >= 0.3 is 0 Å². The third-order valence-corrected chi connectivity index (χ3v) is 10.7. The van der Waals surface area contributed by atoms with Crippen LogP contribution in [0.5, 0.6) is 0 Å². The molecule has 2 aliphatic rings. The average molecular weight is 687 g/mol. The standard InChI is InChI=1S/C42H30N4O4S/c1-23-19-31(45-39(47)33-15-7-27(21-35(33)41(45)49)25-3-9-29(43)10-4-25)13-17-37(23)51-38-18-14-32(20-24(38)2)46-40(48)34-16-8-28(22-36(34)42(46)50)26-5-11-30(44)12-6-26/h3-22H,43-44H2,1-2H3. The monoisotopic (exact) mass is 686 g/mol. The van der Waals surface area contributed by atoms with Crippen LogP contribution in [0.1, 0.15) is 52.6 Å². The van der Waals surface area contributed by atoms with Crippen LogP contribution in [0.2, 0.25) is 0 Å². The van der Waals surface area contributed by atoms with E-state index in [1.807, 2.05) is 74.5 Å². The molecule has 4 amide bonds. The maximum Gasteiger partial charge on any atom is 0.266 e. The summed E-state index contributed by atoms with van der Waals surface area (Å²) >= 11 is 1.53. The summed E-state index contributed by atoms with van der Waals surface area (Å²) in [5, 5.41) is 0. The first kappa shape index (κ1) is 31.8. The molecule has 8 rings (SSSR count). The minimum Gasteiger partial charge on any atom is -0.399 e. The summed E-state index contributed by atoms with van der Waals surface area (Å²) in [5.74, 6) is -1.46. The van der Waals surface area contributed by atoms with Crippen LogP contribution in [0.4, 0.5) is 22.7 Å². The van der Waals surface area contributed by atoms with Crippen molar-refractivity contribution in [1.29, 1.82) is 0 Å². The molecule has 2 aliphatic heterocycles. The number of nitrogens with two attached hydrogens (primary N) is 2. The zero-order valence-electron chi connectivity index (χ0n) is 27.6. The number of hydrogen-bond acceptors (Lipinski definition) is 7. The van der Waals surface area contributed by atoms with E-state index in [4.69, 9.17) is 11.5 Å². The summed E-state index contributed by atoms with van der Waals surface area (Å²) in [7, 11) is 0. The molecule has 0 unspecified atom stereocenters. The lowest BCUT2D eigenvalue weighted by Gasteiger charge is -2.18. The van der Waals surface area contributed by atoms with Crippen LogP contribution in [0.3, 0.4) is 0 Å². The van der Waals surface area contributed by atoms with Gasteiger partial charge in [0.2, 0.25) is 0 Å². The maximum atomic E-state index is 13.6. The van der Waals surface area contributed by atoms with E-state index in [1.165, 1.54) is 21.6 Å². The zero-order chi connectivity index (χ0) is 35.6. The molecule has 8 nitrogen and oxygen atoms in total.